The van der Waals surface area contributed by atoms with Crippen LogP contribution in [0.1, 0.15) is 33.3 Å². The fourth-order valence-electron chi connectivity index (χ4n) is 2.91. The predicted octanol–water partition coefficient (Wildman–Crippen LogP) is 2.70. The number of carbonyl (C=O) groups is 3. The number of imidazole rings is 1. The minimum Gasteiger partial charge on any atom is -0.478 e. The maximum absolute atomic E-state index is 12.0. The highest BCUT2D eigenvalue weighted by molar-refractivity contribution is 7.47. The number of nitrogen functional groups attached to an aromatic ring is 1. The van der Waals surface area contributed by atoms with Crippen LogP contribution in [0.25, 0.3) is 11.2 Å². The Bertz CT molecular complexity index is 1470. The number of phosphoric ester groups is 1. The van der Waals surface area contributed by atoms with Crippen molar-refractivity contribution in [3.05, 3.63) is 54.6 Å². The monoisotopic (exact) mass is 625 g/mol. The zero-order valence-corrected chi connectivity index (χ0v) is 24.5. The van der Waals surface area contributed by atoms with Gasteiger partial charge in [0, 0.05) is 17.7 Å². The summed E-state index contributed by atoms with van der Waals surface area (Å²) < 4.78 is 33.7. The molecule has 1 aromatic carbocycles. The normalized spacial score (nSPS) is 13.5. The maximum atomic E-state index is 12.0. The molecule has 2 aromatic heterocycles. The second-order valence-electron chi connectivity index (χ2n) is 9.62. The second kappa shape index (κ2) is 15.7. The van der Waals surface area contributed by atoms with Crippen molar-refractivity contribution >= 4 is 42.7 Å². The van der Waals surface area contributed by atoms with Gasteiger partial charge in [-0.1, -0.05) is 22.9 Å². The summed E-state index contributed by atoms with van der Waals surface area (Å²) in [6.07, 6.45) is 3.83. The zero-order chi connectivity index (χ0) is 32.2. The molecular weight excluding hydrogens is 593 g/mol. The minimum absolute atomic E-state index is 0.115. The van der Waals surface area contributed by atoms with Crippen LogP contribution in [-0.4, -0.2) is 65.4 Å². The lowest BCUT2D eigenvalue weighted by molar-refractivity contribution is -0.166. The summed E-state index contributed by atoms with van der Waals surface area (Å²) in [7, 11) is -4.66. The molecule has 2 heterocycles. The first kappa shape index (κ1) is 34.8. The van der Waals surface area contributed by atoms with E-state index >= 15 is 0 Å². The molecule has 1 unspecified atom stereocenters. The number of ether oxygens (including phenoxy) is 2. The molecule has 0 fully saturated rings. The molecule has 0 saturated carbocycles. The van der Waals surface area contributed by atoms with Gasteiger partial charge in [-0.3, -0.25) is 4.79 Å². The van der Waals surface area contributed by atoms with Crippen LogP contribution in [0.5, 0.6) is 5.75 Å². The first-order chi connectivity index (χ1) is 20.1. The number of aliphatic carboxylic acids is 2. The largest absolute Gasteiger partial charge is 0.511 e. The molecule has 0 radical (unpaired) electrons. The molecule has 0 bridgehead atoms. The van der Waals surface area contributed by atoms with Gasteiger partial charge in [-0.2, -0.15) is 0 Å². The van der Waals surface area contributed by atoms with Gasteiger partial charge in [-0.25, -0.2) is 33.6 Å². The molecule has 3 rings (SSSR count). The van der Waals surface area contributed by atoms with Crippen molar-refractivity contribution in [3.8, 4) is 5.75 Å². The fourth-order valence-corrected chi connectivity index (χ4v) is 3.32. The standard InChI is InChI=1S/C21H28N5O8P.C4H4O4/c1-14(9-26-12-25-17-18(22)23-11-24-19(17)26)30-10-15-7-5-6-8-16(15)33-34-35(28,29)32-13-31-20(27)21(2,3)4;5-3(6)1-2-4(7)8/h5-8,11-12,14H,9-10,13H2,1-4H3,(H,28,29)(H2,22,23,24);1-2H,(H,5,6)(H,7,8)/b;2-1+/t14-;/m1./s1. The van der Waals surface area contributed by atoms with E-state index < -0.39 is 37.9 Å². The molecule has 0 aliphatic carbocycles. The lowest BCUT2D eigenvalue weighted by Gasteiger charge is -2.18. The molecule has 18 heteroatoms. The van der Waals surface area contributed by atoms with Crippen molar-refractivity contribution in [2.75, 3.05) is 12.5 Å². The van der Waals surface area contributed by atoms with Crippen LogP contribution in [-0.2, 0) is 50.8 Å². The number of esters is 1. The van der Waals surface area contributed by atoms with Gasteiger partial charge in [0.05, 0.1) is 31.0 Å². The molecule has 3 aromatic rings. The molecule has 0 saturated heterocycles. The van der Waals surface area contributed by atoms with Gasteiger partial charge in [0.25, 0.3) is 0 Å². The first-order valence-electron chi connectivity index (χ1n) is 12.3. The molecule has 43 heavy (non-hydrogen) atoms. The first-order valence-corrected chi connectivity index (χ1v) is 13.8. The number of nitrogens with zero attached hydrogens (tertiary/aromatic N) is 4. The number of nitrogens with two attached hydrogens (primary N) is 1. The van der Waals surface area contributed by atoms with Crippen molar-refractivity contribution < 1.29 is 57.6 Å². The van der Waals surface area contributed by atoms with Crippen LogP contribution in [0.4, 0.5) is 5.82 Å². The molecule has 0 spiro atoms. The van der Waals surface area contributed by atoms with Crippen molar-refractivity contribution in [1.29, 1.82) is 0 Å². The number of aromatic nitrogens is 4. The molecule has 5 N–H and O–H groups in total. The average Bonchev–Trinajstić information content (AvgIpc) is 3.33. The Balaban J connectivity index is 0.000000708. The number of para-hydroxylation sites is 1. The van der Waals surface area contributed by atoms with E-state index in [1.165, 1.54) is 12.4 Å². The number of carboxylic acids is 2. The van der Waals surface area contributed by atoms with Gasteiger partial charge in [0.1, 0.15) is 11.8 Å². The number of benzene rings is 1. The van der Waals surface area contributed by atoms with Crippen molar-refractivity contribution in [2.24, 2.45) is 5.41 Å². The topological polar surface area (TPSA) is 245 Å². The number of hydrogen-bond acceptors (Lipinski definition) is 13. The average molecular weight is 626 g/mol. The van der Waals surface area contributed by atoms with Gasteiger partial charge in [-0.15, -0.1) is 0 Å². The summed E-state index contributed by atoms with van der Waals surface area (Å²) in [5.41, 5.74) is 6.69. The molecule has 17 nitrogen and oxygen atoms in total. The van der Waals surface area contributed by atoms with Crippen LogP contribution >= 0.6 is 7.82 Å². The molecule has 2 atom stereocenters. The third-order valence-electron chi connectivity index (χ3n) is 4.99. The van der Waals surface area contributed by atoms with E-state index in [2.05, 4.69) is 24.2 Å². The Morgan fingerprint density at radius 3 is 2.37 bits per heavy atom. The summed E-state index contributed by atoms with van der Waals surface area (Å²) >= 11 is 0. The Morgan fingerprint density at radius 2 is 1.74 bits per heavy atom. The van der Waals surface area contributed by atoms with Crippen molar-refractivity contribution in [1.82, 2.24) is 19.5 Å². The molecular formula is C25H32N5O12P. The van der Waals surface area contributed by atoms with Gasteiger partial charge in [-0.05, 0) is 33.8 Å². The number of carboxylic acid groups (broad SMARTS) is 2. The molecule has 0 amide bonds. The third-order valence-corrected chi connectivity index (χ3v) is 5.68. The van der Waals surface area contributed by atoms with Crippen LogP contribution in [0.3, 0.4) is 0 Å². The number of fused-ring (bicyclic) bond motifs is 1. The van der Waals surface area contributed by atoms with E-state index in [1.807, 2.05) is 6.92 Å². The summed E-state index contributed by atoms with van der Waals surface area (Å²) in [4.78, 5) is 58.0. The highest BCUT2D eigenvalue weighted by Crippen LogP contribution is 2.44. The molecule has 234 valence electrons. The zero-order valence-electron chi connectivity index (χ0n) is 23.6. The Hall–Kier alpha value is -4.41. The highest BCUT2D eigenvalue weighted by atomic mass is 31.2. The minimum atomic E-state index is -4.66. The second-order valence-corrected chi connectivity index (χ2v) is 11.0. The fraction of sp³-hybridized carbons (Fsp3) is 0.360. The number of rotatable bonds is 13. The summed E-state index contributed by atoms with van der Waals surface area (Å²) in [5, 5.41) is 15.6. The summed E-state index contributed by atoms with van der Waals surface area (Å²) in [5.74, 6) is -2.67. The van der Waals surface area contributed by atoms with E-state index in [0.717, 1.165) is 0 Å². The SMILES string of the molecule is C[C@H](Cn1cnc2c(N)ncnc21)OCc1ccccc1OOP(=O)(O)OCOC(=O)C(C)(C)C.O=C(O)/C=C/C(=O)O. The smallest absolute Gasteiger partial charge is 0.478 e. The summed E-state index contributed by atoms with van der Waals surface area (Å²) in [6.45, 7) is 6.56. The van der Waals surface area contributed by atoms with E-state index in [4.69, 9.17) is 30.3 Å². The third kappa shape index (κ3) is 12.2. The number of anilines is 1. The van der Waals surface area contributed by atoms with Crippen LogP contribution in [0, 0.1) is 5.41 Å². The Kier molecular flexibility index (Phi) is 12.7. The van der Waals surface area contributed by atoms with Crippen molar-refractivity contribution in [2.45, 2.75) is 47.0 Å². The van der Waals surface area contributed by atoms with Gasteiger partial charge in [0.15, 0.2) is 17.2 Å². The quantitative estimate of drug-likeness (QED) is 0.0532. The lowest BCUT2D eigenvalue weighted by Crippen LogP contribution is -2.23. The predicted molar refractivity (Wildman–Crippen MR) is 148 cm³/mol. The van der Waals surface area contributed by atoms with E-state index in [1.54, 1.807) is 49.9 Å². The van der Waals surface area contributed by atoms with Crippen LogP contribution in [0.15, 0.2) is 49.1 Å². The Labute approximate surface area is 245 Å². The van der Waals surface area contributed by atoms with E-state index in [-0.39, 0.29) is 18.5 Å². The van der Waals surface area contributed by atoms with Gasteiger partial charge in [0.2, 0.25) is 6.79 Å². The van der Waals surface area contributed by atoms with Crippen LogP contribution in [0.2, 0.25) is 0 Å². The number of phosphoric acid groups is 1. The van der Waals surface area contributed by atoms with E-state index in [0.29, 0.717) is 41.2 Å². The molecule has 0 aliphatic rings. The number of hydrogen-bond donors (Lipinski definition) is 4. The maximum Gasteiger partial charge on any atom is 0.511 e. The summed E-state index contributed by atoms with van der Waals surface area (Å²) in [6, 6.07) is 6.65. The van der Waals surface area contributed by atoms with E-state index in [9.17, 15) is 23.8 Å². The molecule has 0 aliphatic heterocycles. The lowest BCUT2D eigenvalue weighted by atomic mass is 9.98. The van der Waals surface area contributed by atoms with Gasteiger partial charge >= 0.3 is 25.7 Å². The Morgan fingerprint density at radius 1 is 1.09 bits per heavy atom. The van der Waals surface area contributed by atoms with Crippen molar-refractivity contribution in [3.63, 3.8) is 0 Å². The number of carbonyl (C=O) groups excluding carboxylic acids is 1. The highest BCUT2D eigenvalue weighted by Gasteiger charge is 2.28. The van der Waals surface area contributed by atoms with Crippen LogP contribution < -0.4 is 10.6 Å². The van der Waals surface area contributed by atoms with Gasteiger partial charge < -0.3 is 39.8 Å².